The van der Waals surface area contributed by atoms with E-state index in [0.717, 1.165) is 12.5 Å². The molecule has 9 heteroatoms. The number of hydrogen-bond acceptors (Lipinski definition) is 6. The highest BCUT2D eigenvalue weighted by Gasteiger charge is 2.14. The number of aromatic nitrogens is 2. The molecule has 0 aliphatic carbocycles. The van der Waals surface area contributed by atoms with Crippen LogP contribution < -0.4 is 0 Å². The zero-order chi connectivity index (χ0) is 12.3. The molecular formula is C7H11N3O5S. The monoisotopic (exact) mass is 249 g/mol. The van der Waals surface area contributed by atoms with E-state index in [2.05, 4.69) is 9.28 Å². The zero-order valence-corrected chi connectivity index (χ0v) is 9.55. The normalized spacial score (nSPS) is 13.6. The molecule has 1 atom stereocenters. The molecule has 1 heterocycles. The standard InChI is InChI=1S/C7H11N3O5S/c1-6(15-16(2,13)14)4-9-5-7(3-8-9)10(11)12/h3,5-6H,4H2,1-2H3. The maximum Gasteiger partial charge on any atom is 0.306 e. The molecular weight excluding hydrogens is 238 g/mol. The van der Waals surface area contributed by atoms with E-state index in [1.807, 2.05) is 0 Å². The molecule has 0 N–H and O–H groups in total. The second kappa shape index (κ2) is 4.58. The molecule has 0 fully saturated rings. The van der Waals surface area contributed by atoms with Gasteiger partial charge in [0.1, 0.15) is 12.4 Å². The van der Waals surface area contributed by atoms with Crippen LogP contribution in [0.5, 0.6) is 0 Å². The van der Waals surface area contributed by atoms with Crippen molar-refractivity contribution in [3.8, 4) is 0 Å². The summed E-state index contributed by atoms with van der Waals surface area (Å²) in [6, 6.07) is 0. The molecule has 1 aromatic rings. The molecule has 8 nitrogen and oxygen atoms in total. The van der Waals surface area contributed by atoms with Crippen molar-refractivity contribution >= 4 is 15.8 Å². The van der Waals surface area contributed by atoms with Gasteiger partial charge in [-0.2, -0.15) is 13.5 Å². The fraction of sp³-hybridized carbons (Fsp3) is 0.571. The van der Waals surface area contributed by atoms with E-state index in [-0.39, 0.29) is 12.2 Å². The Hall–Kier alpha value is -1.48. The minimum absolute atomic E-state index is 0.126. The predicted molar refractivity (Wildman–Crippen MR) is 54.3 cm³/mol. The molecule has 1 rings (SSSR count). The highest BCUT2D eigenvalue weighted by molar-refractivity contribution is 7.86. The SMILES string of the molecule is CC(Cn1cc([N+](=O)[O-])cn1)OS(C)(=O)=O. The number of nitrogens with zero attached hydrogens (tertiary/aromatic N) is 3. The molecule has 0 radical (unpaired) electrons. The molecule has 0 amide bonds. The van der Waals surface area contributed by atoms with Crippen LogP contribution in [0, 0.1) is 10.1 Å². The van der Waals surface area contributed by atoms with E-state index in [1.54, 1.807) is 0 Å². The molecule has 0 bridgehead atoms. The molecule has 0 spiro atoms. The first-order valence-electron chi connectivity index (χ1n) is 4.33. The summed E-state index contributed by atoms with van der Waals surface area (Å²) in [6.45, 7) is 1.66. The van der Waals surface area contributed by atoms with Crippen LogP contribution in [0.15, 0.2) is 12.4 Å². The van der Waals surface area contributed by atoms with Gasteiger partial charge in [0.25, 0.3) is 10.1 Å². The molecule has 1 aromatic heterocycles. The van der Waals surface area contributed by atoms with Crippen molar-refractivity contribution in [3.63, 3.8) is 0 Å². The van der Waals surface area contributed by atoms with Crippen molar-refractivity contribution in [2.45, 2.75) is 19.6 Å². The lowest BCUT2D eigenvalue weighted by Gasteiger charge is -2.10. The highest BCUT2D eigenvalue weighted by Crippen LogP contribution is 2.09. The third-order valence-corrected chi connectivity index (χ3v) is 2.29. The van der Waals surface area contributed by atoms with Gasteiger partial charge in [-0.3, -0.25) is 19.0 Å². The average Bonchev–Trinajstić information content (AvgIpc) is 2.48. The summed E-state index contributed by atoms with van der Waals surface area (Å²) in [5, 5.41) is 14.1. The lowest BCUT2D eigenvalue weighted by molar-refractivity contribution is -0.385. The van der Waals surface area contributed by atoms with Crippen LogP contribution in [0.25, 0.3) is 0 Å². The summed E-state index contributed by atoms with van der Waals surface area (Å²) in [5.41, 5.74) is -0.147. The molecule has 1 unspecified atom stereocenters. The van der Waals surface area contributed by atoms with Gasteiger partial charge < -0.3 is 0 Å². The zero-order valence-electron chi connectivity index (χ0n) is 8.73. The van der Waals surface area contributed by atoms with E-state index in [0.29, 0.717) is 0 Å². The fourth-order valence-corrected chi connectivity index (χ4v) is 1.80. The van der Waals surface area contributed by atoms with Crippen molar-refractivity contribution in [2.24, 2.45) is 0 Å². The van der Waals surface area contributed by atoms with Crippen molar-refractivity contribution in [2.75, 3.05) is 6.26 Å². The summed E-state index contributed by atoms with van der Waals surface area (Å²) < 4.78 is 27.5. The third-order valence-electron chi connectivity index (χ3n) is 1.61. The van der Waals surface area contributed by atoms with Crippen molar-refractivity contribution in [1.82, 2.24) is 9.78 Å². The Bertz CT molecular complexity index is 480. The Balaban J connectivity index is 2.63. The van der Waals surface area contributed by atoms with Crippen molar-refractivity contribution in [1.29, 1.82) is 0 Å². The van der Waals surface area contributed by atoms with Gasteiger partial charge in [0, 0.05) is 0 Å². The van der Waals surface area contributed by atoms with Crippen LogP contribution in [-0.4, -0.2) is 35.5 Å². The van der Waals surface area contributed by atoms with Gasteiger partial charge in [0.05, 0.1) is 23.8 Å². The molecule has 16 heavy (non-hydrogen) atoms. The van der Waals surface area contributed by atoms with Gasteiger partial charge in [-0.25, -0.2) is 0 Å². The van der Waals surface area contributed by atoms with E-state index in [9.17, 15) is 18.5 Å². The average molecular weight is 249 g/mol. The fourth-order valence-electron chi connectivity index (χ4n) is 1.14. The largest absolute Gasteiger partial charge is 0.306 e. The molecule has 0 saturated carbocycles. The van der Waals surface area contributed by atoms with Crippen molar-refractivity contribution < 1.29 is 17.5 Å². The van der Waals surface area contributed by atoms with Gasteiger partial charge in [-0.1, -0.05) is 0 Å². The molecule has 0 aromatic carbocycles. The highest BCUT2D eigenvalue weighted by atomic mass is 32.2. The number of rotatable bonds is 5. The maximum absolute atomic E-state index is 10.8. The molecule has 90 valence electrons. The van der Waals surface area contributed by atoms with Crippen LogP contribution in [0.3, 0.4) is 0 Å². The Morgan fingerprint density at radius 2 is 2.31 bits per heavy atom. The van der Waals surface area contributed by atoms with E-state index in [4.69, 9.17) is 0 Å². The van der Waals surface area contributed by atoms with Gasteiger partial charge in [-0.05, 0) is 6.92 Å². The van der Waals surface area contributed by atoms with Gasteiger partial charge in [0.15, 0.2) is 0 Å². The van der Waals surface area contributed by atoms with Crippen LogP contribution >= 0.6 is 0 Å². The van der Waals surface area contributed by atoms with Crippen molar-refractivity contribution in [3.05, 3.63) is 22.5 Å². The smallest absolute Gasteiger partial charge is 0.265 e. The third kappa shape index (κ3) is 3.95. The minimum Gasteiger partial charge on any atom is -0.265 e. The topological polar surface area (TPSA) is 104 Å². The Kier molecular flexibility index (Phi) is 3.60. The molecule has 0 aliphatic heterocycles. The predicted octanol–water partition coefficient (Wildman–Crippen LogP) is 0.156. The first-order chi connectivity index (χ1) is 7.28. The summed E-state index contributed by atoms with van der Waals surface area (Å²) in [6.07, 6.45) is 2.61. The van der Waals surface area contributed by atoms with E-state index in [1.165, 1.54) is 17.8 Å². The van der Waals surface area contributed by atoms with Gasteiger partial charge in [-0.15, -0.1) is 0 Å². The lowest BCUT2D eigenvalue weighted by atomic mass is 10.4. The summed E-state index contributed by atoms with van der Waals surface area (Å²) >= 11 is 0. The van der Waals surface area contributed by atoms with E-state index < -0.39 is 21.1 Å². The van der Waals surface area contributed by atoms with E-state index >= 15 is 0 Å². The second-order valence-corrected chi connectivity index (χ2v) is 4.89. The summed E-state index contributed by atoms with van der Waals surface area (Å²) in [4.78, 5) is 9.78. The summed E-state index contributed by atoms with van der Waals surface area (Å²) in [5.74, 6) is 0. The first kappa shape index (κ1) is 12.6. The Labute approximate surface area is 92.1 Å². The van der Waals surface area contributed by atoms with Gasteiger partial charge in [0.2, 0.25) is 0 Å². The number of nitro groups is 1. The summed E-state index contributed by atoms with van der Waals surface area (Å²) in [7, 11) is -3.53. The Morgan fingerprint density at radius 3 is 2.75 bits per heavy atom. The van der Waals surface area contributed by atoms with Crippen LogP contribution in [0.1, 0.15) is 6.92 Å². The quantitative estimate of drug-likeness (QED) is 0.418. The first-order valence-corrected chi connectivity index (χ1v) is 6.14. The minimum atomic E-state index is -3.53. The lowest BCUT2D eigenvalue weighted by Crippen LogP contribution is -2.20. The number of hydrogen-bond donors (Lipinski definition) is 0. The second-order valence-electron chi connectivity index (χ2n) is 3.29. The van der Waals surface area contributed by atoms with Crippen LogP contribution in [0.4, 0.5) is 5.69 Å². The van der Waals surface area contributed by atoms with Gasteiger partial charge >= 0.3 is 5.69 Å². The molecule has 0 saturated heterocycles. The Morgan fingerprint density at radius 1 is 1.69 bits per heavy atom. The van der Waals surface area contributed by atoms with Crippen LogP contribution in [0.2, 0.25) is 0 Å². The molecule has 0 aliphatic rings. The van der Waals surface area contributed by atoms with Crippen LogP contribution in [-0.2, 0) is 20.8 Å². The maximum atomic E-state index is 10.8.